The van der Waals surface area contributed by atoms with E-state index in [4.69, 9.17) is 0 Å². The van der Waals surface area contributed by atoms with Gasteiger partial charge in [0.1, 0.15) is 0 Å². The zero-order valence-corrected chi connectivity index (χ0v) is 13.1. The number of benzene rings is 1. The van der Waals surface area contributed by atoms with E-state index < -0.39 is 0 Å². The summed E-state index contributed by atoms with van der Waals surface area (Å²) in [5, 5.41) is 4.00. The lowest BCUT2D eigenvalue weighted by atomic mass is 10.1. The van der Waals surface area contributed by atoms with E-state index in [-0.39, 0.29) is 11.9 Å². The standard InChI is InChI=1S/C17H17N3OS/c1-12(13-5-4-10-18-11-13)19-16(21)8-9-17-20-14-6-2-3-7-15(14)22-17/h2-7,10-12H,8-9H2,1H3,(H,19,21)/t12-/m0/s1. The third-order valence-electron chi connectivity index (χ3n) is 3.47. The molecule has 2 heterocycles. The first kappa shape index (κ1) is 14.7. The van der Waals surface area contributed by atoms with Gasteiger partial charge in [0.2, 0.25) is 5.91 Å². The molecule has 0 saturated carbocycles. The molecular formula is C17H17N3OS. The second-order valence-electron chi connectivity index (χ2n) is 5.15. The van der Waals surface area contributed by atoms with Crippen LogP contribution in [0.4, 0.5) is 0 Å². The van der Waals surface area contributed by atoms with Gasteiger partial charge in [0.05, 0.1) is 21.3 Å². The van der Waals surface area contributed by atoms with E-state index in [0.29, 0.717) is 12.8 Å². The van der Waals surface area contributed by atoms with Gasteiger partial charge in [-0.2, -0.15) is 0 Å². The number of carbonyl (C=O) groups excluding carboxylic acids is 1. The van der Waals surface area contributed by atoms with Crippen molar-refractivity contribution in [2.24, 2.45) is 0 Å². The molecule has 0 spiro atoms. The molecule has 22 heavy (non-hydrogen) atoms. The van der Waals surface area contributed by atoms with Crippen LogP contribution in [-0.2, 0) is 11.2 Å². The Hall–Kier alpha value is -2.27. The third-order valence-corrected chi connectivity index (χ3v) is 4.56. The predicted molar refractivity (Wildman–Crippen MR) is 88.7 cm³/mol. The van der Waals surface area contributed by atoms with Gasteiger partial charge in [-0.3, -0.25) is 9.78 Å². The fourth-order valence-corrected chi connectivity index (χ4v) is 3.24. The topological polar surface area (TPSA) is 54.9 Å². The summed E-state index contributed by atoms with van der Waals surface area (Å²) >= 11 is 1.65. The Balaban J connectivity index is 1.56. The molecule has 0 aliphatic carbocycles. The Labute approximate surface area is 133 Å². The molecule has 1 atom stereocenters. The molecule has 1 amide bonds. The fourth-order valence-electron chi connectivity index (χ4n) is 2.28. The molecule has 112 valence electrons. The van der Waals surface area contributed by atoms with Crippen molar-refractivity contribution in [3.63, 3.8) is 0 Å². The van der Waals surface area contributed by atoms with Crippen molar-refractivity contribution < 1.29 is 4.79 Å². The molecule has 0 aliphatic rings. The van der Waals surface area contributed by atoms with Crippen molar-refractivity contribution >= 4 is 27.5 Å². The zero-order chi connectivity index (χ0) is 15.4. The van der Waals surface area contributed by atoms with Gasteiger partial charge in [-0.15, -0.1) is 11.3 Å². The Kier molecular flexibility index (Phi) is 4.44. The maximum atomic E-state index is 12.1. The smallest absolute Gasteiger partial charge is 0.220 e. The number of hydrogen-bond donors (Lipinski definition) is 1. The lowest BCUT2D eigenvalue weighted by molar-refractivity contribution is -0.121. The second-order valence-corrected chi connectivity index (χ2v) is 6.27. The third kappa shape index (κ3) is 3.49. The largest absolute Gasteiger partial charge is 0.350 e. The Morgan fingerprint density at radius 2 is 2.14 bits per heavy atom. The highest BCUT2D eigenvalue weighted by atomic mass is 32.1. The quantitative estimate of drug-likeness (QED) is 0.784. The predicted octanol–water partition coefficient (Wildman–Crippen LogP) is 3.50. The second kappa shape index (κ2) is 6.66. The molecule has 0 saturated heterocycles. The van der Waals surface area contributed by atoms with E-state index in [1.54, 1.807) is 23.7 Å². The van der Waals surface area contributed by atoms with Crippen LogP contribution in [0.2, 0.25) is 0 Å². The van der Waals surface area contributed by atoms with E-state index in [9.17, 15) is 4.79 Å². The first-order valence-electron chi connectivity index (χ1n) is 7.26. The Morgan fingerprint density at radius 3 is 2.91 bits per heavy atom. The minimum Gasteiger partial charge on any atom is -0.350 e. The van der Waals surface area contributed by atoms with Crippen LogP contribution in [0, 0.1) is 0 Å². The number of pyridine rings is 1. The highest BCUT2D eigenvalue weighted by Gasteiger charge is 2.11. The van der Waals surface area contributed by atoms with Crippen molar-refractivity contribution in [3.8, 4) is 0 Å². The van der Waals surface area contributed by atoms with Crippen LogP contribution in [0.5, 0.6) is 0 Å². The number of aromatic nitrogens is 2. The Bertz CT molecular complexity index is 737. The minimum absolute atomic E-state index is 0.0310. The number of para-hydroxylation sites is 1. The van der Waals surface area contributed by atoms with Crippen molar-refractivity contribution in [2.45, 2.75) is 25.8 Å². The first-order chi connectivity index (χ1) is 10.7. The summed E-state index contributed by atoms with van der Waals surface area (Å²) < 4.78 is 1.17. The summed E-state index contributed by atoms with van der Waals surface area (Å²) in [4.78, 5) is 20.7. The monoisotopic (exact) mass is 311 g/mol. The maximum absolute atomic E-state index is 12.1. The lowest BCUT2D eigenvalue weighted by Gasteiger charge is -2.13. The molecule has 0 fully saturated rings. The highest BCUT2D eigenvalue weighted by molar-refractivity contribution is 7.18. The first-order valence-corrected chi connectivity index (χ1v) is 8.08. The molecule has 0 radical (unpaired) electrons. The van der Waals surface area contributed by atoms with Crippen molar-refractivity contribution in [3.05, 3.63) is 59.4 Å². The zero-order valence-electron chi connectivity index (χ0n) is 12.3. The summed E-state index contributed by atoms with van der Waals surface area (Å²) in [7, 11) is 0. The SMILES string of the molecule is C[C@H](NC(=O)CCc1nc2ccccc2s1)c1cccnc1. The van der Waals surface area contributed by atoms with Crippen LogP contribution in [-0.4, -0.2) is 15.9 Å². The number of carbonyl (C=O) groups is 1. The number of aryl methyl sites for hydroxylation is 1. The van der Waals surface area contributed by atoms with E-state index in [0.717, 1.165) is 16.1 Å². The molecule has 3 aromatic rings. The minimum atomic E-state index is -0.0310. The van der Waals surface area contributed by atoms with Gasteiger partial charge in [-0.1, -0.05) is 18.2 Å². The summed E-state index contributed by atoms with van der Waals surface area (Å²) in [5.74, 6) is 0.0376. The molecule has 0 aliphatic heterocycles. The number of thiazole rings is 1. The number of rotatable bonds is 5. The molecule has 1 N–H and O–H groups in total. The van der Waals surface area contributed by atoms with E-state index >= 15 is 0 Å². The van der Waals surface area contributed by atoms with E-state index in [1.165, 1.54) is 4.70 Å². The highest BCUT2D eigenvalue weighted by Crippen LogP contribution is 2.22. The molecule has 3 rings (SSSR count). The van der Waals surface area contributed by atoms with Gasteiger partial charge in [0, 0.05) is 25.2 Å². The molecule has 4 nitrogen and oxygen atoms in total. The number of hydrogen-bond acceptors (Lipinski definition) is 4. The van der Waals surface area contributed by atoms with Crippen molar-refractivity contribution in [1.82, 2.24) is 15.3 Å². The summed E-state index contributed by atoms with van der Waals surface area (Å²) in [6.07, 6.45) is 4.62. The van der Waals surface area contributed by atoms with Crippen LogP contribution in [0.15, 0.2) is 48.8 Å². The molecule has 5 heteroatoms. The summed E-state index contributed by atoms with van der Waals surface area (Å²) in [5.41, 5.74) is 2.02. The van der Waals surface area contributed by atoms with Crippen LogP contribution < -0.4 is 5.32 Å². The average molecular weight is 311 g/mol. The van der Waals surface area contributed by atoms with Gasteiger partial charge in [-0.25, -0.2) is 4.98 Å². The number of nitrogens with one attached hydrogen (secondary N) is 1. The van der Waals surface area contributed by atoms with E-state index in [1.807, 2.05) is 37.3 Å². The van der Waals surface area contributed by atoms with Crippen LogP contribution in [0.3, 0.4) is 0 Å². The van der Waals surface area contributed by atoms with Crippen LogP contribution >= 0.6 is 11.3 Å². The van der Waals surface area contributed by atoms with E-state index in [2.05, 4.69) is 21.4 Å². The van der Waals surface area contributed by atoms with Crippen molar-refractivity contribution in [1.29, 1.82) is 0 Å². The number of nitrogens with zero attached hydrogens (tertiary/aromatic N) is 2. The number of fused-ring (bicyclic) bond motifs is 1. The van der Waals surface area contributed by atoms with Crippen LogP contribution in [0.25, 0.3) is 10.2 Å². The van der Waals surface area contributed by atoms with Gasteiger partial charge >= 0.3 is 0 Å². The maximum Gasteiger partial charge on any atom is 0.220 e. The molecule has 2 aromatic heterocycles. The molecule has 0 bridgehead atoms. The summed E-state index contributed by atoms with van der Waals surface area (Å²) in [6, 6.07) is 11.9. The Morgan fingerprint density at radius 1 is 1.27 bits per heavy atom. The van der Waals surface area contributed by atoms with Gasteiger partial charge in [0.25, 0.3) is 0 Å². The molecule has 1 aromatic carbocycles. The van der Waals surface area contributed by atoms with Crippen molar-refractivity contribution in [2.75, 3.05) is 0 Å². The lowest BCUT2D eigenvalue weighted by Crippen LogP contribution is -2.26. The number of amides is 1. The average Bonchev–Trinajstić information content (AvgIpc) is 2.96. The van der Waals surface area contributed by atoms with Gasteiger partial charge < -0.3 is 5.32 Å². The van der Waals surface area contributed by atoms with Gasteiger partial charge in [-0.05, 0) is 30.7 Å². The fraction of sp³-hybridized carbons (Fsp3) is 0.235. The normalized spacial score (nSPS) is 12.2. The molecule has 0 unspecified atom stereocenters. The summed E-state index contributed by atoms with van der Waals surface area (Å²) in [6.45, 7) is 1.96. The molecular weight excluding hydrogens is 294 g/mol. The van der Waals surface area contributed by atoms with Crippen LogP contribution in [0.1, 0.15) is 30.0 Å². The van der Waals surface area contributed by atoms with Gasteiger partial charge in [0.15, 0.2) is 0 Å².